The molecule has 26 heavy (non-hydrogen) atoms. The van der Waals surface area contributed by atoms with Crippen LogP contribution in [0.1, 0.15) is 5.69 Å². The molecule has 5 aromatic rings. The van der Waals surface area contributed by atoms with E-state index in [1.807, 2.05) is 31.2 Å². The molecule has 0 atom stereocenters. The Hall–Kier alpha value is -2.97. The lowest BCUT2D eigenvalue weighted by molar-refractivity contribution is 1.25. The predicted octanol–water partition coefficient (Wildman–Crippen LogP) is 6.57. The molecule has 2 nitrogen and oxygen atoms in total. The molecule has 0 saturated heterocycles. The monoisotopic (exact) mass is 354 g/mol. The van der Waals surface area contributed by atoms with Gasteiger partial charge in [-0.1, -0.05) is 72.3 Å². The molecule has 2 heterocycles. The summed E-state index contributed by atoms with van der Waals surface area (Å²) in [6.07, 6.45) is 0. The van der Waals surface area contributed by atoms with Crippen LogP contribution < -0.4 is 0 Å². The summed E-state index contributed by atoms with van der Waals surface area (Å²) in [7, 11) is 0. The molecule has 0 amide bonds. The van der Waals surface area contributed by atoms with Gasteiger partial charge in [0.25, 0.3) is 0 Å². The highest BCUT2D eigenvalue weighted by Crippen LogP contribution is 2.34. The van der Waals surface area contributed by atoms with E-state index in [-0.39, 0.29) is 0 Å². The van der Waals surface area contributed by atoms with Gasteiger partial charge in [-0.2, -0.15) is 0 Å². The van der Waals surface area contributed by atoms with E-state index in [9.17, 15) is 0 Å². The van der Waals surface area contributed by atoms with Gasteiger partial charge in [0.15, 0.2) is 0 Å². The van der Waals surface area contributed by atoms with Crippen LogP contribution in [-0.2, 0) is 0 Å². The van der Waals surface area contributed by atoms with Crippen molar-refractivity contribution in [3.63, 3.8) is 0 Å². The Bertz CT molecular complexity index is 1300. The second-order valence-electron chi connectivity index (χ2n) is 6.50. The van der Waals surface area contributed by atoms with Gasteiger partial charge in [0.1, 0.15) is 0 Å². The topological polar surface area (TPSA) is 25.8 Å². The zero-order chi connectivity index (χ0) is 17.7. The smallest absolute Gasteiger partial charge is 0.0987 e. The van der Waals surface area contributed by atoms with Gasteiger partial charge in [-0.3, -0.25) is 4.98 Å². The second kappa shape index (κ2) is 5.79. The van der Waals surface area contributed by atoms with E-state index < -0.39 is 0 Å². The molecule has 0 radical (unpaired) electrons. The highest BCUT2D eigenvalue weighted by Gasteiger charge is 2.12. The van der Waals surface area contributed by atoms with Crippen molar-refractivity contribution in [1.29, 1.82) is 0 Å². The van der Waals surface area contributed by atoms with E-state index in [2.05, 4.69) is 48.5 Å². The molecule has 0 saturated carbocycles. The zero-order valence-corrected chi connectivity index (χ0v) is 15.0. The van der Waals surface area contributed by atoms with Crippen LogP contribution in [0, 0.1) is 6.92 Å². The fourth-order valence-corrected chi connectivity index (χ4v) is 3.77. The van der Waals surface area contributed by atoms with Gasteiger partial charge < -0.3 is 0 Å². The SMILES string of the molecule is Cc1ccc2ccc3c(Cl)cc(-c4cccc5ccccc45)nc3c2n1. The highest BCUT2D eigenvalue weighted by atomic mass is 35.5. The number of halogens is 1. The first kappa shape index (κ1) is 15.3. The third kappa shape index (κ3) is 2.34. The summed E-state index contributed by atoms with van der Waals surface area (Å²) in [6.45, 7) is 1.99. The summed E-state index contributed by atoms with van der Waals surface area (Å²) in [4.78, 5) is 9.70. The van der Waals surface area contributed by atoms with Gasteiger partial charge in [-0.25, -0.2) is 4.98 Å². The molecule has 0 aliphatic carbocycles. The van der Waals surface area contributed by atoms with Gasteiger partial charge >= 0.3 is 0 Å². The lowest BCUT2D eigenvalue weighted by atomic mass is 10.0. The van der Waals surface area contributed by atoms with Gasteiger partial charge in [0, 0.05) is 22.0 Å². The Balaban J connectivity index is 1.89. The van der Waals surface area contributed by atoms with Gasteiger partial charge in [-0.15, -0.1) is 0 Å². The van der Waals surface area contributed by atoms with Crippen molar-refractivity contribution in [2.45, 2.75) is 6.92 Å². The number of fused-ring (bicyclic) bond motifs is 4. The molecular weight excluding hydrogens is 340 g/mol. The number of pyridine rings is 2. The van der Waals surface area contributed by atoms with Crippen LogP contribution in [0.3, 0.4) is 0 Å². The van der Waals surface area contributed by atoms with Crippen molar-refractivity contribution in [2.75, 3.05) is 0 Å². The van der Waals surface area contributed by atoms with E-state index in [1.165, 1.54) is 10.8 Å². The molecule has 3 heteroatoms. The molecule has 0 N–H and O–H groups in total. The van der Waals surface area contributed by atoms with Crippen LogP contribution in [0.15, 0.2) is 72.8 Å². The lowest BCUT2D eigenvalue weighted by Gasteiger charge is -2.10. The lowest BCUT2D eigenvalue weighted by Crippen LogP contribution is -1.92. The Kier molecular flexibility index (Phi) is 3.41. The summed E-state index contributed by atoms with van der Waals surface area (Å²) in [5, 5.41) is 5.06. The van der Waals surface area contributed by atoms with Gasteiger partial charge in [0.2, 0.25) is 0 Å². The highest BCUT2D eigenvalue weighted by molar-refractivity contribution is 6.36. The summed E-state index contributed by atoms with van der Waals surface area (Å²) >= 11 is 6.64. The minimum absolute atomic E-state index is 0.697. The van der Waals surface area contributed by atoms with Crippen LogP contribution >= 0.6 is 11.6 Å². The standard InChI is InChI=1S/C23H15ClN2/c1-14-9-10-16-11-12-19-20(24)13-21(26-23(19)22(16)25-14)18-8-4-6-15-5-2-3-7-17(15)18/h2-13H,1H3. The van der Waals surface area contributed by atoms with Crippen molar-refractivity contribution in [3.8, 4) is 11.3 Å². The Morgan fingerprint density at radius 2 is 1.50 bits per heavy atom. The number of hydrogen-bond acceptors (Lipinski definition) is 2. The first-order chi connectivity index (χ1) is 12.7. The quantitative estimate of drug-likeness (QED) is 0.318. The number of aryl methyl sites for hydroxylation is 1. The zero-order valence-electron chi connectivity index (χ0n) is 14.2. The van der Waals surface area contributed by atoms with E-state index in [0.717, 1.165) is 38.8 Å². The van der Waals surface area contributed by atoms with Crippen LogP contribution in [0.25, 0.3) is 43.8 Å². The maximum Gasteiger partial charge on any atom is 0.0987 e. The first-order valence-electron chi connectivity index (χ1n) is 8.55. The number of hydrogen-bond donors (Lipinski definition) is 0. The van der Waals surface area contributed by atoms with Crippen LogP contribution in [-0.4, -0.2) is 9.97 Å². The summed E-state index contributed by atoms with van der Waals surface area (Å²) in [6, 6.07) is 24.7. The number of benzene rings is 3. The van der Waals surface area contributed by atoms with Gasteiger partial charge in [-0.05, 0) is 29.8 Å². The predicted molar refractivity (Wildman–Crippen MR) is 110 cm³/mol. The van der Waals surface area contributed by atoms with Gasteiger partial charge in [0.05, 0.1) is 21.7 Å². The van der Waals surface area contributed by atoms with E-state index >= 15 is 0 Å². The Morgan fingerprint density at radius 3 is 2.42 bits per heavy atom. The van der Waals surface area contributed by atoms with Crippen molar-refractivity contribution >= 4 is 44.2 Å². The van der Waals surface area contributed by atoms with Crippen LogP contribution in [0.2, 0.25) is 5.02 Å². The minimum atomic E-state index is 0.697. The van der Waals surface area contributed by atoms with E-state index in [4.69, 9.17) is 21.6 Å². The van der Waals surface area contributed by atoms with E-state index in [1.54, 1.807) is 0 Å². The van der Waals surface area contributed by atoms with Crippen molar-refractivity contribution < 1.29 is 0 Å². The number of nitrogens with zero attached hydrogens (tertiary/aromatic N) is 2. The number of aromatic nitrogens is 2. The van der Waals surface area contributed by atoms with E-state index in [0.29, 0.717) is 5.02 Å². The molecule has 0 spiro atoms. The molecule has 0 unspecified atom stereocenters. The fourth-order valence-electron chi connectivity index (χ4n) is 3.51. The molecule has 5 rings (SSSR count). The van der Waals surface area contributed by atoms with Crippen molar-refractivity contribution in [3.05, 3.63) is 83.5 Å². The molecule has 124 valence electrons. The summed E-state index contributed by atoms with van der Waals surface area (Å²) in [5.74, 6) is 0. The average Bonchev–Trinajstić information content (AvgIpc) is 2.67. The minimum Gasteiger partial charge on any atom is -0.251 e. The normalized spacial score (nSPS) is 11.5. The fraction of sp³-hybridized carbons (Fsp3) is 0.0435. The maximum absolute atomic E-state index is 6.64. The second-order valence-corrected chi connectivity index (χ2v) is 6.91. The van der Waals surface area contributed by atoms with Crippen LogP contribution in [0.5, 0.6) is 0 Å². The maximum atomic E-state index is 6.64. The first-order valence-corrected chi connectivity index (χ1v) is 8.93. The Morgan fingerprint density at radius 1 is 0.692 bits per heavy atom. The Labute approximate surface area is 156 Å². The molecular formula is C23H15ClN2. The van der Waals surface area contributed by atoms with Crippen molar-refractivity contribution in [2.24, 2.45) is 0 Å². The summed E-state index contributed by atoms with van der Waals surface area (Å²) in [5.41, 5.74) is 4.67. The average molecular weight is 355 g/mol. The molecule has 0 bridgehead atoms. The van der Waals surface area contributed by atoms with Crippen molar-refractivity contribution in [1.82, 2.24) is 9.97 Å². The molecule has 0 fully saturated rings. The molecule has 0 aliphatic heterocycles. The molecule has 3 aromatic carbocycles. The molecule has 2 aromatic heterocycles. The molecule has 0 aliphatic rings. The summed E-state index contributed by atoms with van der Waals surface area (Å²) < 4.78 is 0. The largest absolute Gasteiger partial charge is 0.251 e. The third-order valence-corrected chi connectivity index (χ3v) is 5.11. The number of rotatable bonds is 1. The third-order valence-electron chi connectivity index (χ3n) is 4.79. The van der Waals surface area contributed by atoms with Crippen LogP contribution in [0.4, 0.5) is 0 Å².